The number of benzene rings is 2. The van der Waals surface area contributed by atoms with Crippen LogP contribution >= 0.6 is 34.9 Å². The Morgan fingerprint density at radius 1 is 1.17 bits per heavy atom. The highest BCUT2D eigenvalue weighted by molar-refractivity contribution is 7.89. The summed E-state index contributed by atoms with van der Waals surface area (Å²) < 4.78 is 36.5. The second-order valence-corrected chi connectivity index (χ2v) is 9.60. The summed E-state index contributed by atoms with van der Waals surface area (Å²) in [5.41, 5.74) is 6.91. The van der Waals surface area contributed by atoms with Crippen LogP contribution in [0.5, 0.6) is 0 Å². The predicted octanol–water partition coefficient (Wildman–Crippen LogP) is 3.52. The van der Waals surface area contributed by atoms with Crippen molar-refractivity contribution in [3.05, 3.63) is 40.4 Å². The van der Waals surface area contributed by atoms with Crippen LogP contribution in [0.15, 0.2) is 35.2 Å². The van der Waals surface area contributed by atoms with E-state index in [0.29, 0.717) is 11.2 Å². The van der Waals surface area contributed by atoms with Crippen molar-refractivity contribution in [1.29, 1.82) is 0 Å². The van der Waals surface area contributed by atoms with Crippen molar-refractivity contribution in [3.8, 4) is 0 Å². The number of nitrogens with two attached hydrogens (primary N) is 1. The van der Waals surface area contributed by atoms with Gasteiger partial charge in [-0.2, -0.15) is 13.5 Å². The first kappa shape index (κ1) is 21.7. The minimum absolute atomic E-state index is 0.0410. The van der Waals surface area contributed by atoms with Gasteiger partial charge in [0, 0.05) is 5.69 Å². The molecular formula is C17H17Cl2N5O3S2. The van der Waals surface area contributed by atoms with Crippen molar-refractivity contribution in [2.24, 2.45) is 5.92 Å². The minimum atomic E-state index is -4.04. The molecule has 0 saturated carbocycles. The van der Waals surface area contributed by atoms with Crippen molar-refractivity contribution >= 4 is 73.3 Å². The summed E-state index contributed by atoms with van der Waals surface area (Å²) in [5, 5.41) is 2.98. The molecule has 0 radical (unpaired) electrons. The number of sulfonamides is 1. The van der Waals surface area contributed by atoms with Gasteiger partial charge in [-0.1, -0.05) is 43.1 Å². The Labute approximate surface area is 181 Å². The highest BCUT2D eigenvalue weighted by Gasteiger charge is 2.30. The number of carbonyl (C=O) groups excluding carboxylic acids is 1. The van der Waals surface area contributed by atoms with Gasteiger partial charge in [0.25, 0.3) is 0 Å². The molecule has 3 aromatic rings. The molecule has 12 heteroatoms. The number of anilines is 2. The minimum Gasteiger partial charge on any atom is -0.396 e. The van der Waals surface area contributed by atoms with Gasteiger partial charge in [0.05, 0.1) is 27.5 Å². The summed E-state index contributed by atoms with van der Waals surface area (Å²) in [7, 11) is -4.04. The Kier molecular flexibility index (Phi) is 6.30. The molecular weight excluding hydrogens is 457 g/mol. The van der Waals surface area contributed by atoms with Crippen LogP contribution in [0.4, 0.5) is 11.4 Å². The molecule has 4 N–H and O–H groups in total. The number of rotatable bonds is 6. The highest BCUT2D eigenvalue weighted by atomic mass is 35.5. The van der Waals surface area contributed by atoms with Gasteiger partial charge < -0.3 is 11.1 Å². The lowest BCUT2D eigenvalue weighted by molar-refractivity contribution is -0.118. The third-order valence-electron chi connectivity index (χ3n) is 4.12. The fourth-order valence-electron chi connectivity index (χ4n) is 2.60. The molecule has 0 aliphatic carbocycles. The molecule has 0 fully saturated rings. The lowest BCUT2D eigenvalue weighted by Crippen LogP contribution is -2.47. The van der Waals surface area contributed by atoms with Crippen molar-refractivity contribution in [1.82, 2.24) is 13.5 Å². The Morgan fingerprint density at radius 3 is 2.45 bits per heavy atom. The van der Waals surface area contributed by atoms with Gasteiger partial charge >= 0.3 is 0 Å². The zero-order valence-electron chi connectivity index (χ0n) is 15.3. The smallest absolute Gasteiger partial charge is 0.243 e. The van der Waals surface area contributed by atoms with Gasteiger partial charge in [-0.15, -0.1) is 0 Å². The first-order valence-corrected chi connectivity index (χ1v) is 11.4. The van der Waals surface area contributed by atoms with Gasteiger partial charge in [-0.3, -0.25) is 4.79 Å². The molecule has 0 aliphatic rings. The van der Waals surface area contributed by atoms with Gasteiger partial charge in [0.2, 0.25) is 15.9 Å². The zero-order valence-corrected chi connectivity index (χ0v) is 18.5. The summed E-state index contributed by atoms with van der Waals surface area (Å²) in [6.45, 7) is 3.45. The maximum absolute atomic E-state index is 13.0. The van der Waals surface area contributed by atoms with Gasteiger partial charge in [0.1, 0.15) is 22.0 Å². The Balaban J connectivity index is 1.88. The molecule has 3 rings (SSSR count). The van der Waals surface area contributed by atoms with Gasteiger partial charge in [-0.25, -0.2) is 8.42 Å². The number of hydrogen-bond donors (Lipinski definition) is 3. The molecule has 29 heavy (non-hydrogen) atoms. The molecule has 8 nitrogen and oxygen atoms in total. The van der Waals surface area contributed by atoms with Crippen LogP contribution in [0.3, 0.4) is 0 Å². The van der Waals surface area contributed by atoms with Crippen LogP contribution in [0.25, 0.3) is 11.0 Å². The lowest BCUT2D eigenvalue weighted by atomic mass is 10.0. The Hall–Kier alpha value is -1.98. The molecule has 1 aromatic heterocycles. The lowest BCUT2D eigenvalue weighted by Gasteiger charge is -2.22. The van der Waals surface area contributed by atoms with E-state index in [9.17, 15) is 13.2 Å². The average molecular weight is 474 g/mol. The van der Waals surface area contributed by atoms with E-state index in [0.717, 1.165) is 11.7 Å². The van der Waals surface area contributed by atoms with E-state index >= 15 is 0 Å². The van der Waals surface area contributed by atoms with E-state index in [-0.39, 0.29) is 32.1 Å². The van der Waals surface area contributed by atoms with Crippen LogP contribution in [0.1, 0.15) is 13.8 Å². The normalized spacial score (nSPS) is 13.0. The van der Waals surface area contributed by atoms with E-state index in [1.165, 1.54) is 18.2 Å². The number of nitrogens with zero attached hydrogens (tertiary/aromatic N) is 2. The fourth-order valence-corrected chi connectivity index (χ4v) is 5.20. The summed E-state index contributed by atoms with van der Waals surface area (Å²) in [6.07, 6.45) is 0. The van der Waals surface area contributed by atoms with E-state index in [4.69, 9.17) is 28.9 Å². The van der Waals surface area contributed by atoms with E-state index in [2.05, 4.69) is 18.8 Å². The maximum atomic E-state index is 13.0. The first-order chi connectivity index (χ1) is 13.6. The molecule has 0 spiro atoms. The molecule has 0 aliphatic heterocycles. The van der Waals surface area contributed by atoms with Crippen LogP contribution in [0, 0.1) is 5.92 Å². The summed E-state index contributed by atoms with van der Waals surface area (Å²) >= 11 is 12.9. The van der Waals surface area contributed by atoms with E-state index < -0.39 is 22.0 Å². The van der Waals surface area contributed by atoms with Gasteiger partial charge in [-0.05, 0) is 30.2 Å². The predicted molar refractivity (Wildman–Crippen MR) is 116 cm³/mol. The van der Waals surface area contributed by atoms with Crippen molar-refractivity contribution in [2.45, 2.75) is 24.8 Å². The first-order valence-electron chi connectivity index (χ1n) is 8.39. The second-order valence-electron chi connectivity index (χ2n) is 6.57. The third kappa shape index (κ3) is 4.62. The number of nitrogen functional groups attached to an aromatic ring is 1. The molecule has 1 amide bonds. The highest BCUT2D eigenvalue weighted by Crippen LogP contribution is 2.31. The van der Waals surface area contributed by atoms with Crippen LogP contribution in [-0.2, 0) is 14.8 Å². The van der Waals surface area contributed by atoms with Crippen molar-refractivity contribution < 1.29 is 13.2 Å². The molecule has 154 valence electrons. The zero-order chi connectivity index (χ0) is 21.3. The van der Waals surface area contributed by atoms with E-state index in [1.807, 2.05) is 0 Å². The van der Waals surface area contributed by atoms with Crippen LogP contribution in [-0.4, -0.2) is 29.1 Å². The SMILES string of the molecule is CC(C)C(NS(=O)(=O)c1cccc2nsnc12)C(=O)Nc1cc(Cl)c(N)c(Cl)c1. The van der Waals surface area contributed by atoms with Crippen molar-refractivity contribution in [2.75, 3.05) is 11.1 Å². The number of fused-ring (bicyclic) bond motifs is 1. The molecule has 0 saturated heterocycles. The van der Waals surface area contributed by atoms with Crippen LogP contribution in [0.2, 0.25) is 10.0 Å². The Bertz CT molecular complexity index is 1160. The topological polar surface area (TPSA) is 127 Å². The number of nitrogens with one attached hydrogen (secondary N) is 2. The monoisotopic (exact) mass is 473 g/mol. The quantitative estimate of drug-likeness (QED) is 0.469. The molecule has 1 atom stereocenters. The fraction of sp³-hybridized carbons (Fsp3) is 0.235. The van der Waals surface area contributed by atoms with Gasteiger partial charge in [0.15, 0.2) is 0 Å². The number of aromatic nitrogens is 2. The molecule has 1 heterocycles. The third-order valence-corrected chi connectivity index (χ3v) is 6.76. The second kappa shape index (κ2) is 8.41. The van der Waals surface area contributed by atoms with Crippen LogP contribution < -0.4 is 15.8 Å². The summed E-state index contributed by atoms with van der Waals surface area (Å²) in [6, 6.07) is 6.47. The standard InChI is InChI=1S/C17H17Cl2N5O3S2/c1-8(2)15(17(25)21-9-6-10(18)14(20)11(19)7-9)24-29(26,27)13-5-3-4-12-16(13)23-28-22-12/h3-8,15,24H,20H2,1-2H3,(H,21,25). The summed E-state index contributed by atoms with van der Waals surface area (Å²) in [4.78, 5) is 12.8. The van der Waals surface area contributed by atoms with Crippen molar-refractivity contribution in [3.63, 3.8) is 0 Å². The molecule has 2 aromatic carbocycles. The average Bonchev–Trinajstić information content (AvgIpc) is 3.12. The number of carbonyl (C=O) groups is 1. The molecule has 1 unspecified atom stereocenters. The number of halogens is 2. The largest absolute Gasteiger partial charge is 0.396 e. The molecule has 0 bridgehead atoms. The Morgan fingerprint density at radius 2 is 1.83 bits per heavy atom. The number of amides is 1. The van der Waals surface area contributed by atoms with E-state index in [1.54, 1.807) is 26.0 Å². The maximum Gasteiger partial charge on any atom is 0.243 e. The summed E-state index contributed by atoms with van der Waals surface area (Å²) in [5.74, 6) is -0.915. The number of hydrogen-bond acceptors (Lipinski definition) is 7.